The van der Waals surface area contributed by atoms with Crippen LogP contribution >= 0.6 is 0 Å². The van der Waals surface area contributed by atoms with Crippen LogP contribution < -0.4 is 16.0 Å². The first-order valence-corrected chi connectivity index (χ1v) is 8.41. The highest BCUT2D eigenvalue weighted by Gasteiger charge is 2.21. The summed E-state index contributed by atoms with van der Waals surface area (Å²) >= 11 is 0. The highest BCUT2D eigenvalue weighted by molar-refractivity contribution is 5.93. The largest absolute Gasteiger partial charge is 0.350 e. The van der Waals surface area contributed by atoms with E-state index in [-0.39, 0.29) is 18.0 Å². The first-order valence-electron chi connectivity index (χ1n) is 8.41. The van der Waals surface area contributed by atoms with Gasteiger partial charge >= 0.3 is 6.03 Å². The fourth-order valence-electron chi connectivity index (χ4n) is 2.98. The molecule has 1 aromatic heterocycles. The summed E-state index contributed by atoms with van der Waals surface area (Å²) in [6, 6.07) is 3.55. The van der Waals surface area contributed by atoms with E-state index in [1.54, 1.807) is 18.3 Å². The summed E-state index contributed by atoms with van der Waals surface area (Å²) in [5.74, 6) is 0.547. The first-order chi connectivity index (χ1) is 11.2. The van der Waals surface area contributed by atoms with Gasteiger partial charge in [-0.05, 0) is 30.9 Å². The molecule has 1 aromatic rings. The van der Waals surface area contributed by atoms with Crippen molar-refractivity contribution in [2.45, 2.75) is 45.1 Å². The van der Waals surface area contributed by atoms with Crippen LogP contribution in [0.1, 0.15) is 49.4 Å². The number of carbonyl (C=O) groups excluding carboxylic acids is 2. The van der Waals surface area contributed by atoms with Crippen molar-refractivity contribution < 1.29 is 9.59 Å². The predicted molar refractivity (Wildman–Crippen MR) is 89.1 cm³/mol. The summed E-state index contributed by atoms with van der Waals surface area (Å²) in [7, 11) is 0. The Morgan fingerprint density at radius 1 is 1.26 bits per heavy atom. The maximum Gasteiger partial charge on any atom is 0.315 e. The van der Waals surface area contributed by atoms with Crippen molar-refractivity contribution >= 4 is 11.9 Å². The third-order valence-electron chi connectivity index (χ3n) is 4.32. The number of nitrogens with one attached hydrogen (secondary N) is 3. The van der Waals surface area contributed by atoms with Crippen LogP contribution in [0.15, 0.2) is 24.5 Å². The normalized spacial score (nSPS) is 20.6. The molecule has 0 bridgehead atoms. The Morgan fingerprint density at radius 3 is 2.83 bits per heavy atom. The van der Waals surface area contributed by atoms with Crippen molar-refractivity contribution in [2.75, 3.05) is 13.1 Å². The summed E-state index contributed by atoms with van der Waals surface area (Å²) in [6.07, 6.45) is 8.91. The highest BCUT2D eigenvalue weighted by atomic mass is 16.2. The van der Waals surface area contributed by atoms with Gasteiger partial charge in [0.2, 0.25) is 0 Å². The Bertz CT molecular complexity index is 507. The van der Waals surface area contributed by atoms with E-state index in [4.69, 9.17) is 0 Å². The van der Waals surface area contributed by atoms with Gasteiger partial charge in [0.05, 0.1) is 5.56 Å². The van der Waals surface area contributed by atoms with Crippen LogP contribution in [0, 0.1) is 5.92 Å². The fraction of sp³-hybridized carbons (Fsp3) is 0.588. The second kappa shape index (κ2) is 9.12. The molecule has 0 spiro atoms. The van der Waals surface area contributed by atoms with Crippen LogP contribution in [-0.2, 0) is 0 Å². The van der Waals surface area contributed by atoms with Gasteiger partial charge < -0.3 is 16.0 Å². The molecule has 0 aliphatic heterocycles. The van der Waals surface area contributed by atoms with Crippen molar-refractivity contribution in [3.8, 4) is 0 Å². The molecule has 126 valence electrons. The lowest BCUT2D eigenvalue weighted by Gasteiger charge is -2.29. The zero-order chi connectivity index (χ0) is 16.5. The molecule has 0 aromatic carbocycles. The molecular formula is C17H26N4O2. The molecule has 3 N–H and O–H groups in total. The number of amides is 3. The van der Waals surface area contributed by atoms with E-state index in [9.17, 15) is 9.59 Å². The third-order valence-corrected chi connectivity index (χ3v) is 4.32. The smallest absolute Gasteiger partial charge is 0.315 e. The molecule has 1 fully saturated rings. The van der Waals surface area contributed by atoms with E-state index >= 15 is 0 Å². The Kier molecular flexibility index (Phi) is 6.84. The van der Waals surface area contributed by atoms with Crippen LogP contribution in [0.5, 0.6) is 0 Å². The van der Waals surface area contributed by atoms with Gasteiger partial charge in [0, 0.05) is 31.5 Å². The molecule has 0 radical (unpaired) electrons. The van der Waals surface area contributed by atoms with Gasteiger partial charge in [-0.2, -0.15) is 0 Å². The Balaban J connectivity index is 1.60. The standard InChI is InChI=1S/C17H26N4O2/c1-2-13-5-3-7-15(11-13)21-17(23)20-10-9-19-16(22)14-6-4-8-18-12-14/h4,6,8,12-13,15H,2-3,5,7,9-11H2,1H3,(H,19,22)(H2,20,21,23)/t13-,15-/m0/s1. The van der Waals surface area contributed by atoms with E-state index in [0.717, 1.165) is 18.8 Å². The number of hydrogen-bond donors (Lipinski definition) is 3. The molecule has 6 nitrogen and oxygen atoms in total. The Hall–Kier alpha value is -2.11. The van der Waals surface area contributed by atoms with E-state index in [2.05, 4.69) is 27.9 Å². The third kappa shape index (κ3) is 5.88. The number of nitrogens with zero attached hydrogens (tertiary/aromatic N) is 1. The van der Waals surface area contributed by atoms with E-state index in [1.165, 1.54) is 25.5 Å². The molecule has 2 rings (SSSR count). The zero-order valence-corrected chi connectivity index (χ0v) is 13.7. The van der Waals surface area contributed by atoms with Crippen LogP contribution in [0.3, 0.4) is 0 Å². The molecule has 6 heteroatoms. The second-order valence-electron chi connectivity index (χ2n) is 6.04. The fourth-order valence-corrected chi connectivity index (χ4v) is 2.98. The molecule has 2 atom stereocenters. The second-order valence-corrected chi connectivity index (χ2v) is 6.04. The lowest BCUT2D eigenvalue weighted by molar-refractivity contribution is 0.0953. The van der Waals surface area contributed by atoms with Crippen LogP contribution in [-0.4, -0.2) is 36.1 Å². The summed E-state index contributed by atoms with van der Waals surface area (Å²) in [4.78, 5) is 27.6. The number of urea groups is 1. The molecular weight excluding hydrogens is 292 g/mol. The Labute approximate surface area is 137 Å². The minimum atomic E-state index is -0.182. The number of hydrogen-bond acceptors (Lipinski definition) is 3. The summed E-state index contributed by atoms with van der Waals surface area (Å²) in [6.45, 7) is 3.00. The van der Waals surface area contributed by atoms with E-state index in [1.807, 2.05) is 0 Å². The van der Waals surface area contributed by atoms with Crippen LogP contribution in [0.25, 0.3) is 0 Å². The van der Waals surface area contributed by atoms with Crippen molar-refractivity contribution in [1.29, 1.82) is 0 Å². The molecule has 3 amide bonds. The van der Waals surface area contributed by atoms with Gasteiger partial charge in [0.25, 0.3) is 5.91 Å². The minimum Gasteiger partial charge on any atom is -0.350 e. The van der Waals surface area contributed by atoms with Crippen molar-refractivity contribution in [3.63, 3.8) is 0 Å². The maximum atomic E-state index is 11.9. The molecule has 1 aliphatic carbocycles. The van der Waals surface area contributed by atoms with Gasteiger partial charge in [-0.25, -0.2) is 4.79 Å². The molecule has 23 heavy (non-hydrogen) atoms. The van der Waals surface area contributed by atoms with Crippen molar-refractivity contribution in [2.24, 2.45) is 5.92 Å². The van der Waals surface area contributed by atoms with Crippen molar-refractivity contribution in [1.82, 2.24) is 20.9 Å². The summed E-state index contributed by atoms with van der Waals surface area (Å²) in [5, 5.41) is 8.57. The number of carbonyl (C=O) groups is 2. The molecule has 1 saturated carbocycles. The van der Waals surface area contributed by atoms with Gasteiger partial charge in [-0.3, -0.25) is 9.78 Å². The average Bonchev–Trinajstić information content (AvgIpc) is 2.59. The molecule has 0 unspecified atom stereocenters. The number of aromatic nitrogens is 1. The van der Waals surface area contributed by atoms with E-state index in [0.29, 0.717) is 18.7 Å². The topological polar surface area (TPSA) is 83.1 Å². The predicted octanol–water partition coefficient (Wildman–Crippen LogP) is 2.08. The van der Waals surface area contributed by atoms with E-state index < -0.39 is 0 Å². The monoisotopic (exact) mass is 318 g/mol. The number of rotatable bonds is 6. The highest BCUT2D eigenvalue weighted by Crippen LogP contribution is 2.26. The SMILES string of the molecule is CC[C@H]1CCC[C@H](NC(=O)NCCNC(=O)c2cccnc2)C1. The number of pyridine rings is 1. The Morgan fingerprint density at radius 2 is 2.09 bits per heavy atom. The lowest BCUT2D eigenvalue weighted by atomic mass is 9.84. The van der Waals surface area contributed by atoms with Gasteiger partial charge in [-0.15, -0.1) is 0 Å². The van der Waals surface area contributed by atoms with Crippen LogP contribution in [0.4, 0.5) is 4.79 Å². The lowest BCUT2D eigenvalue weighted by Crippen LogP contribution is -2.46. The quantitative estimate of drug-likeness (QED) is 0.702. The maximum absolute atomic E-state index is 11.9. The first kappa shape index (κ1) is 17.2. The molecule has 0 saturated heterocycles. The van der Waals surface area contributed by atoms with Gasteiger partial charge in [-0.1, -0.05) is 26.2 Å². The average molecular weight is 318 g/mol. The summed E-state index contributed by atoms with van der Waals surface area (Å²) in [5.41, 5.74) is 0.518. The van der Waals surface area contributed by atoms with Crippen LogP contribution in [0.2, 0.25) is 0 Å². The van der Waals surface area contributed by atoms with Crippen molar-refractivity contribution in [3.05, 3.63) is 30.1 Å². The minimum absolute atomic E-state index is 0.151. The molecule has 1 heterocycles. The van der Waals surface area contributed by atoms with Gasteiger partial charge in [0.1, 0.15) is 0 Å². The zero-order valence-electron chi connectivity index (χ0n) is 13.7. The summed E-state index contributed by atoms with van der Waals surface area (Å²) < 4.78 is 0. The molecule has 1 aliphatic rings. The van der Waals surface area contributed by atoms with Gasteiger partial charge in [0.15, 0.2) is 0 Å².